The van der Waals surface area contributed by atoms with E-state index in [1.54, 1.807) is 18.2 Å². The van der Waals surface area contributed by atoms with E-state index in [0.29, 0.717) is 11.1 Å². The van der Waals surface area contributed by atoms with Crippen LogP contribution in [0, 0.1) is 0 Å². The van der Waals surface area contributed by atoms with Gasteiger partial charge in [-0.3, -0.25) is 10.1 Å². The van der Waals surface area contributed by atoms with E-state index < -0.39 is 9.84 Å². The third kappa shape index (κ3) is 3.82. The number of fused-ring (bicyclic) bond motifs is 1. The fourth-order valence-corrected chi connectivity index (χ4v) is 3.91. The molecular weight excluding hydrogens is 378 g/mol. The molecule has 3 aromatic rings. The number of sulfone groups is 1. The van der Waals surface area contributed by atoms with E-state index in [-0.39, 0.29) is 22.7 Å². The molecule has 1 heterocycles. The summed E-state index contributed by atoms with van der Waals surface area (Å²) in [4.78, 5) is 12.7. The number of carbonyl (C=O) groups is 1. The molecule has 0 radical (unpaired) electrons. The van der Waals surface area contributed by atoms with Crippen LogP contribution in [-0.2, 0) is 22.7 Å². The van der Waals surface area contributed by atoms with Gasteiger partial charge in [0.1, 0.15) is 0 Å². The number of aromatic nitrogens is 2. The number of rotatable bonds is 4. The molecule has 8 heteroatoms. The summed E-state index contributed by atoms with van der Waals surface area (Å²) in [7, 11) is -3.27. The first-order valence-corrected chi connectivity index (χ1v) is 10.9. The molecule has 1 aliphatic carbocycles. The highest BCUT2D eigenvalue weighted by atomic mass is 32.2. The molecule has 28 heavy (non-hydrogen) atoms. The molecule has 4 rings (SSSR count). The van der Waals surface area contributed by atoms with Gasteiger partial charge in [0.25, 0.3) is 5.91 Å². The van der Waals surface area contributed by atoms with Crippen molar-refractivity contribution in [1.29, 1.82) is 0 Å². The van der Waals surface area contributed by atoms with Crippen LogP contribution in [-0.4, -0.2) is 30.8 Å². The second kappa shape index (κ2) is 7.20. The fraction of sp³-hybridized carbons (Fsp3) is 0.250. The number of carbonyl (C=O) groups excluding carboxylic acids is 1. The third-order valence-corrected chi connectivity index (χ3v) is 5.91. The standard InChI is InChI=1S/C20H19N3O4S/c1-28(25,26)17-10-8-14(9-11-17)19-22-23-20(27-19)21-18(24)16-7-6-13-4-2-3-5-15(13)12-16/h6-12H,2-5H2,1H3,(H,21,23,24). The summed E-state index contributed by atoms with van der Waals surface area (Å²) in [6.07, 6.45) is 5.52. The zero-order valence-electron chi connectivity index (χ0n) is 15.3. The zero-order valence-corrected chi connectivity index (χ0v) is 16.1. The number of nitrogens with zero attached hydrogens (tertiary/aromatic N) is 2. The highest BCUT2D eigenvalue weighted by Crippen LogP contribution is 2.24. The van der Waals surface area contributed by atoms with E-state index in [1.807, 2.05) is 12.1 Å². The van der Waals surface area contributed by atoms with Crippen molar-refractivity contribution in [2.24, 2.45) is 0 Å². The highest BCUT2D eigenvalue weighted by molar-refractivity contribution is 7.90. The number of benzene rings is 2. The maximum absolute atomic E-state index is 12.5. The Morgan fingerprint density at radius 1 is 1.00 bits per heavy atom. The average molecular weight is 397 g/mol. The lowest BCUT2D eigenvalue weighted by Gasteiger charge is -2.16. The minimum absolute atomic E-state index is 0.00934. The Labute approximate surface area is 162 Å². The molecule has 1 aromatic heterocycles. The van der Waals surface area contributed by atoms with Gasteiger partial charge >= 0.3 is 6.01 Å². The van der Waals surface area contributed by atoms with Gasteiger partial charge in [-0.15, -0.1) is 5.10 Å². The number of nitrogens with one attached hydrogen (secondary N) is 1. The van der Waals surface area contributed by atoms with E-state index in [2.05, 4.69) is 15.5 Å². The molecule has 0 saturated carbocycles. The first kappa shape index (κ1) is 18.4. The lowest BCUT2D eigenvalue weighted by atomic mass is 9.90. The molecule has 7 nitrogen and oxygen atoms in total. The van der Waals surface area contributed by atoms with Crippen molar-refractivity contribution in [3.63, 3.8) is 0 Å². The van der Waals surface area contributed by atoms with Crippen LogP contribution in [0.1, 0.15) is 34.3 Å². The maximum atomic E-state index is 12.5. The van der Waals surface area contributed by atoms with Crippen LogP contribution in [0.25, 0.3) is 11.5 Å². The zero-order chi connectivity index (χ0) is 19.7. The summed E-state index contributed by atoms with van der Waals surface area (Å²) in [6, 6.07) is 11.8. The molecule has 0 atom stereocenters. The third-order valence-electron chi connectivity index (χ3n) is 4.79. The van der Waals surface area contributed by atoms with Crippen LogP contribution in [0.4, 0.5) is 6.01 Å². The molecule has 2 aromatic carbocycles. The average Bonchev–Trinajstić information content (AvgIpc) is 3.15. The molecule has 0 aliphatic heterocycles. The van der Waals surface area contributed by atoms with Gasteiger partial charge in [-0.05, 0) is 73.2 Å². The number of amides is 1. The summed E-state index contributed by atoms with van der Waals surface area (Å²) in [5.41, 5.74) is 3.64. The van der Waals surface area contributed by atoms with Gasteiger partial charge in [0.15, 0.2) is 9.84 Å². The molecule has 0 fully saturated rings. The lowest BCUT2D eigenvalue weighted by molar-refractivity contribution is 0.102. The minimum Gasteiger partial charge on any atom is -0.403 e. The van der Waals surface area contributed by atoms with Crippen molar-refractivity contribution in [2.45, 2.75) is 30.6 Å². The van der Waals surface area contributed by atoms with E-state index in [9.17, 15) is 13.2 Å². The largest absolute Gasteiger partial charge is 0.403 e. The summed E-state index contributed by atoms with van der Waals surface area (Å²) >= 11 is 0. The molecule has 1 aliphatic rings. The van der Waals surface area contributed by atoms with E-state index in [0.717, 1.165) is 25.5 Å². The summed E-state index contributed by atoms with van der Waals surface area (Å²) in [5.74, 6) is -0.114. The second-order valence-corrected chi connectivity index (χ2v) is 8.87. The van der Waals surface area contributed by atoms with Gasteiger partial charge < -0.3 is 4.42 Å². The van der Waals surface area contributed by atoms with Crippen LogP contribution >= 0.6 is 0 Å². The Bertz CT molecular complexity index is 1130. The summed E-state index contributed by atoms with van der Waals surface area (Å²) in [5, 5.41) is 10.4. The molecule has 0 saturated heterocycles. The Hall–Kier alpha value is -3.00. The van der Waals surface area contributed by atoms with Crippen LogP contribution in [0.15, 0.2) is 51.8 Å². The van der Waals surface area contributed by atoms with Gasteiger partial charge in [-0.25, -0.2) is 8.42 Å². The lowest BCUT2D eigenvalue weighted by Crippen LogP contribution is -2.13. The normalized spacial score (nSPS) is 13.8. The fourth-order valence-electron chi connectivity index (χ4n) is 3.28. The van der Waals surface area contributed by atoms with E-state index in [1.165, 1.54) is 29.7 Å². The quantitative estimate of drug-likeness (QED) is 0.725. The molecule has 144 valence electrons. The minimum atomic E-state index is -3.27. The van der Waals surface area contributed by atoms with Gasteiger partial charge in [0, 0.05) is 17.4 Å². The Morgan fingerprint density at radius 3 is 2.43 bits per heavy atom. The smallest absolute Gasteiger partial charge is 0.322 e. The maximum Gasteiger partial charge on any atom is 0.322 e. The first-order valence-electron chi connectivity index (χ1n) is 8.97. The monoisotopic (exact) mass is 397 g/mol. The van der Waals surface area contributed by atoms with Gasteiger partial charge in [-0.2, -0.15) is 0 Å². The summed E-state index contributed by atoms with van der Waals surface area (Å²) in [6.45, 7) is 0. The SMILES string of the molecule is CS(=O)(=O)c1ccc(-c2nnc(NC(=O)c3ccc4c(c3)CCCC4)o2)cc1. The summed E-state index contributed by atoms with van der Waals surface area (Å²) < 4.78 is 28.6. The highest BCUT2D eigenvalue weighted by Gasteiger charge is 2.16. The van der Waals surface area contributed by atoms with Crippen LogP contribution in [0.3, 0.4) is 0 Å². The van der Waals surface area contributed by atoms with Gasteiger partial charge in [0.2, 0.25) is 5.89 Å². The second-order valence-electron chi connectivity index (χ2n) is 6.85. The molecule has 1 N–H and O–H groups in total. The van der Waals surface area contributed by atoms with Crippen molar-refractivity contribution in [1.82, 2.24) is 10.2 Å². The Balaban J connectivity index is 1.49. The van der Waals surface area contributed by atoms with Crippen LogP contribution in [0.5, 0.6) is 0 Å². The molecule has 0 unspecified atom stereocenters. The van der Waals surface area contributed by atoms with Crippen molar-refractivity contribution in [3.05, 3.63) is 59.2 Å². The topological polar surface area (TPSA) is 102 Å². The molecule has 0 bridgehead atoms. The van der Waals surface area contributed by atoms with Gasteiger partial charge in [0.05, 0.1) is 4.90 Å². The van der Waals surface area contributed by atoms with Crippen molar-refractivity contribution >= 4 is 21.8 Å². The van der Waals surface area contributed by atoms with E-state index in [4.69, 9.17) is 4.42 Å². The number of hydrogen-bond acceptors (Lipinski definition) is 6. The molecule has 1 amide bonds. The molecular formula is C20H19N3O4S. The number of aryl methyl sites for hydroxylation is 2. The predicted molar refractivity (Wildman–Crippen MR) is 104 cm³/mol. The van der Waals surface area contributed by atoms with Crippen molar-refractivity contribution in [2.75, 3.05) is 11.6 Å². The Morgan fingerprint density at radius 2 is 1.71 bits per heavy atom. The predicted octanol–water partition coefficient (Wildman–Crippen LogP) is 3.27. The van der Waals surface area contributed by atoms with Crippen molar-refractivity contribution < 1.29 is 17.6 Å². The van der Waals surface area contributed by atoms with Crippen LogP contribution in [0.2, 0.25) is 0 Å². The van der Waals surface area contributed by atoms with Crippen molar-refractivity contribution in [3.8, 4) is 11.5 Å². The first-order chi connectivity index (χ1) is 13.4. The number of hydrogen-bond donors (Lipinski definition) is 1. The van der Waals surface area contributed by atoms with Crippen LogP contribution < -0.4 is 5.32 Å². The number of anilines is 1. The molecule has 0 spiro atoms. The van der Waals surface area contributed by atoms with E-state index >= 15 is 0 Å². The Kier molecular flexibility index (Phi) is 4.72. The van der Waals surface area contributed by atoms with Gasteiger partial charge in [-0.1, -0.05) is 11.2 Å².